The van der Waals surface area contributed by atoms with E-state index in [0.29, 0.717) is 92.7 Å². The van der Waals surface area contributed by atoms with Gasteiger partial charge >= 0.3 is 5.97 Å². The van der Waals surface area contributed by atoms with Crippen molar-refractivity contribution in [3.63, 3.8) is 0 Å². The molecule has 2 aromatic carbocycles. The number of aromatic nitrogens is 4. The summed E-state index contributed by atoms with van der Waals surface area (Å²) in [6, 6.07) is 15.1. The maximum Gasteiger partial charge on any atom is 0.323 e. The molecule has 0 saturated heterocycles. The molecule has 0 saturated carbocycles. The zero-order valence-electron chi connectivity index (χ0n) is 53.9. The molecule has 0 aliphatic carbocycles. The second-order valence-corrected chi connectivity index (χ2v) is 20.1. The Morgan fingerprint density at radius 2 is 0.864 bits per heavy atom. The topological polar surface area (TPSA) is 331 Å². The standard InChI is InChI=1S/2C26H36N8O3.C8H11NO3.C2H6/c2*1-7-20-26(33(4)5)31-25(23(30-20)24(27)37)29-19-11-8-10-18(16-19)13-14-28-21(35)17-34(6)22(36)12-9-15-32(2)3;1-3-4-5-7(10)9(2)6-8(11)12;1-2/h2*8,10-11,16H,7,13-15,17H2,1-6H3,(H2,27,37)(H,28,35)(H,29,31);3,6H2,1-2H3,(H,11,12);1-2H3. The Morgan fingerprint density at radius 1 is 0.511 bits per heavy atom. The first-order valence-corrected chi connectivity index (χ1v) is 28.3. The van der Waals surface area contributed by atoms with Crippen LogP contribution in [0.15, 0.2) is 48.5 Å². The predicted octanol–water partition coefficient (Wildman–Crippen LogP) is 2.23. The molecule has 2 heterocycles. The van der Waals surface area contributed by atoms with E-state index in [2.05, 4.69) is 76.7 Å². The number of carboxylic acid groups (broad SMARTS) is 1. The lowest BCUT2D eigenvalue weighted by atomic mass is 10.1. The summed E-state index contributed by atoms with van der Waals surface area (Å²) in [5.41, 5.74) is 16.0. The number of anilines is 6. The number of aliphatic carboxylic acids is 1. The first kappa shape index (κ1) is 76.2. The molecule has 0 spiro atoms. The number of carbonyl (C=O) groups is 8. The molecular weight excluding hydrogens is 1130 g/mol. The first-order chi connectivity index (χ1) is 41.6. The van der Waals surface area contributed by atoms with Crippen molar-refractivity contribution in [2.45, 2.75) is 66.7 Å². The van der Waals surface area contributed by atoms with Crippen molar-refractivity contribution < 1.29 is 43.5 Å². The molecule has 4 rings (SSSR count). The highest BCUT2D eigenvalue weighted by atomic mass is 16.4. The number of benzene rings is 2. The molecule has 4 aromatic rings. The summed E-state index contributed by atoms with van der Waals surface area (Å²) in [4.78, 5) is 123. The number of carboxylic acids is 1. The van der Waals surface area contributed by atoms with Gasteiger partial charge in [-0.05, 0) is 107 Å². The van der Waals surface area contributed by atoms with E-state index in [4.69, 9.17) is 16.6 Å². The van der Waals surface area contributed by atoms with Crippen molar-refractivity contribution in [2.75, 3.05) is 144 Å². The Bertz CT molecular complexity index is 3020. The second-order valence-electron chi connectivity index (χ2n) is 20.1. The van der Waals surface area contributed by atoms with Crippen molar-refractivity contribution in [1.82, 2.24) is 55.1 Å². The van der Waals surface area contributed by atoms with Gasteiger partial charge in [-0.1, -0.05) is 76.6 Å². The van der Waals surface area contributed by atoms with E-state index in [1.807, 2.05) is 159 Å². The van der Waals surface area contributed by atoms with Gasteiger partial charge in [-0.25, -0.2) is 19.9 Å². The quantitative estimate of drug-likeness (QED) is 0.0495. The summed E-state index contributed by atoms with van der Waals surface area (Å²) in [7, 11) is 19.4. The highest BCUT2D eigenvalue weighted by Crippen LogP contribution is 2.26. The van der Waals surface area contributed by atoms with Crippen LogP contribution in [-0.2, 0) is 54.5 Å². The number of amides is 7. The Kier molecular flexibility index (Phi) is 35.0. The first-order valence-electron chi connectivity index (χ1n) is 28.3. The van der Waals surface area contributed by atoms with Gasteiger partial charge in [0.05, 0.1) is 24.5 Å². The summed E-state index contributed by atoms with van der Waals surface area (Å²) in [6.45, 7) is 10.9. The third kappa shape index (κ3) is 28.8. The van der Waals surface area contributed by atoms with Crippen molar-refractivity contribution >= 4 is 82.0 Å². The highest BCUT2D eigenvalue weighted by Gasteiger charge is 2.21. The summed E-state index contributed by atoms with van der Waals surface area (Å²) in [5.74, 6) is 13.1. The number of primary amides is 2. The molecule has 0 unspecified atom stereocenters. The molecule has 0 radical (unpaired) electrons. The number of carbonyl (C=O) groups excluding carboxylic acids is 7. The fourth-order valence-electron chi connectivity index (χ4n) is 7.16. The Morgan fingerprint density at radius 3 is 1.17 bits per heavy atom. The maximum atomic E-state index is 12.2. The number of nitrogens with one attached hydrogen (secondary N) is 4. The lowest BCUT2D eigenvalue weighted by Gasteiger charge is -2.18. The molecule has 7 amide bonds. The average Bonchev–Trinajstić information content (AvgIpc) is 1.96. The van der Waals surface area contributed by atoms with Crippen LogP contribution in [0.25, 0.3) is 0 Å². The van der Waals surface area contributed by atoms with Crippen molar-refractivity contribution in [1.29, 1.82) is 0 Å². The molecule has 476 valence electrons. The van der Waals surface area contributed by atoms with Gasteiger partial charge in [-0.2, -0.15) is 0 Å². The van der Waals surface area contributed by atoms with Gasteiger partial charge in [-0.15, -0.1) is 0 Å². The Balaban J connectivity index is 0.000000724. The van der Waals surface area contributed by atoms with Crippen LogP contribution in [0, 0.1) is 35.5 Å². The van der Waals surface area contributed by atoms with Gasteiger partial charge in [0.1, 0.15) is 19.6 Å². The van der Waals surface area contributed by atoms with E-state index >= 15 is 0 Å². The zero-order chi connectivity index (χ0) is 66.6. The largest absolute Gasteiger partial charge is 0.480 e. The SMILES string of the molecule is CC.CCC#CC(=O)N(C)CC(=O)O.CCc1nc(C(N)=O)c(Nc2cccc(CCNC(=O)CN(C)C(=O)C#CCN(C)C)c2)nc1N(C)C.CCc1nc(C(N)=O)c(Nc2cccc(CCNC(=O)CN(C)C(=O)C#CCN(C)C)c2)nc1N(C)C. The fraction of sp³-hybridized carbons (Fsp3) is 0.452. The third-order valence-electron chi connectivity index (χ3n) is 11.5. The summed E-state index contributed by atoms with van der Waals surface area (Å²) >= 11 is 0. The third-order valence-corrected chi connectivity index (χ3v) is 11.5. The van der Waals surface area contributed by atoms with Gasteiger partial charge in [0, 0.05) is 80.2 Å². The number of likely N-dealkylation sites (N-methyl/N-ethyl adjacent to an activating group) is 3. The van der Waals surface area contributed by atoms with Crippen LogP contribution >= 0.6 is 0 Å². The lowest BCUT2D eigenvalue weighted by molar-refractivity contribution is -0.141. The number of nitrogens with zero attached hydrogens (tertiary/aromatic N) is 11. The fourth-order valence-corrected chi connectivity index (χ4v) is 7.16. The van der Waals surface area contributed by atoms with E-state index in [0.717, 1.165) is 16.0 Å². The number of nitrogens with two attached hydrogens (primary N) is 2. The van der Waals surface area contributed by atoms with E-state index in [1.54, 1.807) is 14.1 Å². The van der Waals surface area contributed by atoms with Gasteiger partial charge in [0.25, 0.3) is 29.5 Å². The van der Waals surface area contributed by atoms with Crippen LogP contribution in [0.4, 0.5) is 34.6 Å². The Labute approximate surface area is 518 Å². The number of hydrogen-bond donors (Lipinski definition) is 7. The maximum absolute atomic E-state index is 12.2. The molecule has 0 aliphatic heterocycles. The minimum atomic E-state index is -1.04. The van der Waals surface area contributed by atoms with Crippen LogP contribution in [0.1, 0.15) is 84.5 Å². The normalized spacial score (nSPS) is 9.89. The van der Waals surface area contributed by atoms with Crippen molar-refractivity contribution in [2.24, 2.45) is 11.5 Å². The molecule has 0 aliphatic rings. The Hall–Kier alpha value is -9.84. The molecule has 0 atom stereocenters. The van der Waals surface area contributed by atoms with Crippen LogP contribution in [0.2, 0.25) is 0 Å². The van der Waals surface area contributed by atoms with Crippen LogP contribution in [0.5, 0.6) is 0 Å². The highest BCUT2D eigenvalue weighted by molar-refractivity contribution is 5.98. The molecule has 88 heavy (non-hydrogen) atoms. The summed E-state index contributed by atoms with van der Waals surface area (Å²) in [5, 5.41) is 20.3. The molecule has 0 bridgehead atoms. The molecule has 9 N–H and O–H groups in total. The summed E-state index contributed by atoms with van der Waals surface area (Å²) in [6.07, 6.45) is 2.93. The van der Waals surface area contributed by atoms with E-state index in [-0.39, 0.29) is 54.5 Å². The number of hydrogen-bond acceptors (Lipinski definition) is 18. The smallest absolute Gasteiger partial charge is 0.323 e. The zero-order valence-corrected chi connectivity index (χ0v) is 53.9. The van der Waals surface area contributed by atoms with Crippen LogP contribution in [0.3, 0.4) is 0 Å². The van der Waals surface area contributed by atoms with E-state index < -0.39 is 35.5 Å². The molecule has 26 nitrogen and oxygen atoms in total. The van der Waals surface area contributed by atoms with E-state index in [9.17, 15) is 38.4 Å². The van der Waals surface area contributed by atoms with Crippen LogP contribution < -0.4 is 42.5 Å². The van der Waals surface area contributed by atoms with Gasteiger partial charge in [0.15, 0.2) is 34.7 Å². The summed E-state index contributed by atoms with van der Waals surface area (Å²) < 4.78 is 0. The van der Waals surface area contributed by atoms with Gasteiger partial charge in [0.2, 0.25) is 11.8 Å². The minimum Gasteiger partial charge on any atom is -0.480 e. The average molecular weight is 1220 g/mol. The predicted molar refractivity (Wildman–Crippen MR) is 344 cm³/mol. The van der Waals surface area contributed by atoms with Crippen molar-refractivity contribution in [3.05, 3.63) is 82.4 Å². The second kappa shape index (κ2) is 40.5. The van der Waals surface area contributed by atoms with Crippen molar-refractivity contribution in [3.8, 4) is 35.5 Å². The van der Waals surface area contributed by atoms with Gasteiger partial charge in [-0.3, -0.25) is 48.2 Å². The number of aryl methyl sites for hydroxylation is 2. The lowest BCUT2D eigenvalue weighted by Crippen LogP contribution is -2.38. The number of rotatable bonds is 24. The molecular formula is C62H89N17O9. The minimum absolute atomic E-state index is 0.0742. The molecule has 2 aromatic heterocycles. The van der Waals surface area contributed by atoms with Gasteiger partial charge < -0.3 is 62.3 Å². The molecule has 26 heteroatoms. The van der Waals surface area contributed by atoms with E-state index in [1.165, 1.54) is 16.8 Å². The molecule has 0 fully saturated rings. The van der Waals surface area contributed by atoms with Crippen LogP contribution in [-0.4, -0.2) is 220 Å². The monoisotopic (exact) mass is 1220 g/mol.